The maximum Gasteiger partial charge on any atom is 0.236 e. The molecule has 14 heavy (non-hydrogen) atoms. The topological polar surface area (TPSA) is 50.4 Å². The van der Waals surface area contributed by atoms with Crippen molar-refractivity contribution in [1.29, 1.82) is 0 Å². The van der Waals surface area contributed by atoms with Crippen molar-refractivity contribution in [2.24, 2.45) is 0 Å². The lowest BCUT2D eigenvalue weighted by Crippen LogP contribution is -2.40. The zero-order valence-electron chi connectivity index (χ0n) is 9.43. The lowest BCUT2D eigenvalue weighted by atomic mass is 10.2. The minimum Gasteiger partial charge on any atom is -0.385 e. The van der Waals surface area contributed by atoms with Crippen LogP contribution in [0.15, 0.2) is 0 Å². The zero-order chi connectivity index (χ0) is 10.8. The Kier molecular flexibility index (Phi) is 8.57. The Hall–Kier alpha value is -0.610. The van der Waals surface area contributed by atoms with Crippen LogP contribution in [0.1, 0.15) is 26.2 Å². The molecular formula is C10H22N2O2. The van der Waals surface area contributed by atoms with Gasteiger partial charge in [-0.15, -0.1) is 0 Å². The first kappa shape index (κ1) is 13.4. The van der Waals surface area contributed by atoms with Gasteiger partial charge in [-0.25, -0.2) is 0 Å². The Morgan fingerprint density at radius 1 is 1.36 bits per heavy atom. The Labute approximate surface area is 86.4 Å². The highest BCUT2D eigenvalue weighted by atomic mass is 16.5. The number of nitrogens with one attached hydrogen (secondary N) is 2. The minimum atomic E-state index is -0.103. The van der Waals surface area contributed by atoms with E-state index in [0.717, 1.165) is 32.4 Å². The van der Waals surface area contributed by atoms with E-state index in [9.17, 15) is 4.79 Å². The molecule has 0 aliphatic rings. The summed E-state index contributed by atoms with van der Waals surface area (Å²) in [6.07, 6.45) is 3.18. The Morgan fingerprint density at radius 2 is 2.07 bits per heavy atom. The van der Waals surface area contributed by atoms with Crippen LogP contribution in [0.4, 0.5) is 0 Å². The molecule has 0 aliphatic heterocycles. The Balaban J connectivity index is 3.23. The molecule has 4 heteroatoms. The van der Waals surface area contributed by atoms with E-state index in [1.165, 1.54) is 0 Å². The van der Waals surface area contributed by atoms with Crippen molar-refractivity contribution in [3.63, 3.8) is 0 Å². The van der Waals surface area contributed by atoms with Gasteiger partial charge in [0.2, 0.25) is 5.91 Å². The number of ether oxygens (including phenoxy) is 1. The van der Waals surface area contributed by atoms with Crippen molar-refractivity contribution in [2.45, 2.75) is 32.2 Å². The summed E-state index contributed by atoms with van der Waals surface area (Å²) in [6, 6.07) is -0.103. The quantitative estimate of drug-likeness (QED) is 0.564. The molecule has 0 radical (unpaired) electrons. The van der Waals surface area contributed by atoms with Crippen molar-refractivity contribution in [3.8, 4) is 0 Å². The normalized spacial score (nSPS) is 12.5. The second-order valence-electron chi connectivity index (χ2n) is 3.35. The van der Waals surface area contributed by atoms with E-state index in [1.54, 1.807) is 14.2 Å². The highest BCUT2D eigenvalue weighted by molar-refractivity contribution is 5.81. The lowest BCUT2D eigenvalue weighted by Gasteiger charge is -2.10. The monoisotopic (exact) mass is 202 g/mol. The Bertz CT molecular complexity index is 151. The first-order valence-corrected chi connectivity index (χ1v) is 5.16. The van der Waals surface area contributed by atoms with Crippen LogP contribution >= 0.6 is 0 Å². The van der Waals surface area contributed by atoms with Crippen LogP contribution < -0.4 is 10.6 Å². The van der Waals surface area contributed by atoms with Gasteiger partial charge in [0.05, 0.1) is 6.04 Å². The number of carbonyl (C=O) groups excluding carboxylic acids is 1. The molecular weight excluding hydrogens is 180 g/mol. The fourth-order valence-electron chi connectivity index (χ4n) is 1.04. The summed E-state index contributed by atoms with van der Waals surface area (Å²) in [4.78, 5) is 11.3. The van der Waals surface area contributed by atoms with Gasteiger partial charge in [-0.2, -0.15) is 0 Å². The van der Waals surface area contributed by atoms with Gasteiger partial charge in [0, 0.05) is 20.3 Å². The van der Waals surface area contributed by atoms with E-state index in [0.29, 0.717) is 0 Å². The molecule has 0 aromatic heterocycles. The van der Waals surface area contributed by atoms with Gasteiger partial charge in [-0.05, 0) is 33.2 Å². The largest absolute Gasteiger partial charge is 0.385 e. The third kappa shape index (κ3) is 6.86. The van der Waals surface area contributed by atoms with E-state index in [4.69, 9.17) is 4.74 Å². The molecule has 1 amide bonds. The van der Waals surface area contributed by atoms with Crippen LogP contribution in [-0.4, -0.2) is 39.3 Å². The molecule has 0 bridgehead atoms. The summed E-state index contributed by atoms with van der Waals surface area (Å²) in [5.74, 6) is 0.0687. The second-order valence-corrected chi connectivity index (χ2v) is 3.35. The second kappa shape index (κ2) is 8.97. The van der Waals surface area contributed by atoms with Gasteiger partial charge < -0.3 is 15.4 Å². The van der Waals surface area contributed by atoms with Crippen molar-refractivity contribution in [3.05, 3.63) is 0 Å². The van der Waals surface area contributed by atoms with Crippen LogP contribution in [0, 0.1) is 0 Å². The maximum atomic E-state index is 11.3. The molecule has 84 valence electrons. The third-order valence-electron chi connectivity index (χ3n) is 2.15. The lowest BCUT2D eigenvalue weighted by molar-refractivity contribution is -0.122. The fraction of sp³-hybridized carbons (Fsp3) is 0.900. The molecule has 2 N–H and O–H groups in total. The van der Waals surface area contributed by atoms with Gasteiger partial charge in [-0.1, -0.05) is 0 Å². The van der Waals surface area contributed by atoms with Gasteiger partial charge in [0.25, 0.3) is 0 Å². The SMILES string of the molecule is CNC(C)C(=O)NCCCCCOC. The first-order chi connectivity index (χ1) is 6.72. The molecule has 0 saturated carbocycles. The fourth-order valence-corrected chi connectivity index (χ4v) is 1.04. The summed E-state index contributed by atoms with van der Waals surface area (Å²) in [6.45, 7) is 3.41. The molecule has 0 spiro atoms. The molecule has 0 heterocycles. The molecule has 0 aliphatic carbocycles. The predicted molar refractivity (Wildman–Crippen MR) is 57.3 cm³/mol. The highest BCUT2D eigenvalue weighted by Gasteiger charge is 2.07. The zero-order valence-corrected chi connectivity index (χ0v) is 9.43. The Morgan fingerprint density at radius 3 is 2.64 bits per heavy atom. The van der Waals surface area contributed by atoms with Crippen molar-refractivity contribution >= 4 is 5.91 Å². The number of amides is 1. The summed E-state index contributed by atoms with van der Waals surface area (Å²) in [7, 11) is 3.49. The van der Waals surface area contributed by atoms with Crippen LogP contribution in [0.2, 0.25) is 0 Å². The van der Waals surface area contributed by atoms with Gasteiger partial charge in [0.15, 0.2) is 0 Å². The molecule has 1 atom stereocenters. The molecule has 0 rings (SSSR count). The van der Waals surface area contributed by atoms with E-state index >= 15 is 0 Å². The number of likely N-dealkylation sites (N-methyl/N-ethyl adjacent to an activating group) is 1. The summed E-state index contributed by atoms with van der Waals surface area (Å²) < 4.78 is 4.93. The average molecular weight is 202 g/mol. The smallest absolute Gasteiger partial charge is 0.236 e. The molecule has 0 aromatic rings. The van der Waals surface area contributed by atoms with Gasteiger partial charge >= 0.3 is 0 Å². The summed E-state index contributed by atoms with van der Waals surface area (Å²) in [5.41, 5.74) is 0. The van der Waals surface area contributed by atoms with E-state index < -0.39 is 0 Å². The molecule has 0 aromatic carbocycles. The molecule has 0 saturated heterocycles. The van der Waals surface area contributed by atoms with E-state index in [1.807, 2.05) is 6.92 Å². The number of unbranched alkanes of at least 4 members (excludes halogenated alkanes) is 2. The van der Waals surface area contributed by atoms with Crippen LogP contribution in [0.25, 0.3) is 0 Å². The number of hydrogen-bond acceptors (Lipinski definition) is 3. The molecule has 0 fully saturated rings. The van der Waals surface area contributed by atoms with Crippen LogP contribution in [0.3, 0.4) is 0 Å². The maximum absolute atomic E-state index is 11.3. The van der Waals surface area contributed by atoms with Gasteiger partial charge in [0.1, 0.15) is 0 Å². The molecule has 4 nitrogen and oxygen atoms in total. The number of carbonyl (C=O) groups is 1. The standard InChI is InChI=1S/C10H22N2O2/c1-9(11-2)10(13)12-7-5-4-6-8-14-3/h9,11H,4-8H2,1-3H3,(H,12,13). The number of hydrogen-bond donors (Lipinski definition) is 2. The van der Waals surface area contributed by atoms with E-state index in [-0.39, 0.29) is 11.9 Å². The predicted octanol–water partition coefficient (Wildman–Crippen LogP) is 0.527. The van der Waals surface area contributed by atoms with Gasteiger partial charge in [-0.3, -0.25) is 4.79 Å². The number of methoxy groups -OCH3 is 1. The van der Waals surface area contributed by atoms with Crippen molar-refractivity contribution < 1.29 is 9.53 Å². The van der Waals surface area contributed by atoms with Crippen LogP contribution in [-0.2, 0) is 9.53 Å². The first-order valence-electron chi connectivity index (χ1n) is 5.16. The van der Waals surface area contributed by atoms with Crippen molar-refractivity contribution in [2.75, 3.05) is 27.3 Å². The minimum absolute atomic E-state index is 0.0687. The van der Waals surface area contributed by atoms with Crippen LogP contribution in [0.5, 0.6) is 0 Å². The average Bonchev–Trinajstić information content (AvgIpc) is 2.21. The summed E-state index contributed by atoms with van der Waals surface area (Å²) in [5, 5.41) is 5.76. The molecule has 1 unspecified atom stereocenters. The number of rotatable bonds is 8. The third-order valence-corrected chi connectivity index (χ3v) is 2.15. The van der Waals surface area contributed by atoms with E-state index in [2.05, 4.69) is 10.6 Å². The van der Waals surface area contributed by atoms with Crippen molar-refractivity contribution in [1.82, 2.24) is 10.6 Å². The summed E-state index contributed by atoms with van der Waals surface area (Å²) >= 11 is 0. The highest BCUT2D eigenvalue weighted by Crippen LogP contribution is 1.93.